The van der Waals surface area contributed by atoms with Crippen molar-refractivity contribution in [2.75, 3.05) is 27.2 Å². The SMILES string of the molecule is CN(C)CCNS(N)(=O)=O. The molecular formula is C4H13N3O2S. The van der Waals surface area contributed by atoms with Crippen molar-refractivity contribution in [3.05, 3.63) is 0 Å². The fraction of sp³-hybridized carbons (Fsp3) is 1.00. The van der Waals surface area contributed by atoms with Gasteiger partial charge in [-0.3, -0.25) is 0 Å². The summed E-state index contributed by atoms with van der Waals surface area (Å²) in [5.41, 5.74) is 0. The molecule has 0 aliphatic carbocycles. The van der Waals surface area contributed by atoms with E-state index >= 15 is 0 Å². The number of hydrogen-bond acceptors (Lipinski definition) is 3. The quantitative estimate of drug-likeness (QED) is 0.526. The Bertz CT molecular complexity index is 175. The van der Waals surface area contributed by atoms with Gasteiger partial charge in [0.15, 0.2) is 0 Å². The van der Waals surface area contributed by atoms with Gasteiger partial charge < -0.3 is 4.90 Å². The number of rotatable bonds is 4. The van der Waals surface area contributed by atoms with Crippen molar-refractivity contribution in [1.82, 2.24) is 9.62 Å². The average Bonchev–Trinajstić information content (AvgIpc) is 1.59. The molecule has 0 aliphatic heterocycles. The van der Waals surface area contributed by atoms with E-state index in [-0.39, 0.29) is 0 Å². The van der Waals surface area contributed by atoms with Gasteiger partial charge in [0.1, 0.15) is 0 Å². The van der Waals surface area contributed by atoms with Crippen molar-refractivity contribution < 1.29 is 8.42 Å². The predicted molar refractivity (Wildman–Crippen MR) is 39.7 cm³/mol. The Labute approximate surface area is 61.4 Å². The minimum Gasteiger partial charge on any atom is -0.308 e. The molecule has 0 fully saturated rings. The highest BCUT2D eigenvalue weighted by molar-refractivity contribution is 7.87. The van der Waals surface area contributed by atoms with E-state index in [9.17, 15) is 8.42 Å². The van der Waals surface area contributed by atoms with Crippen LogP contribution in [0.1, 0.15) is 0 Å². The smallest absolute Gasteiger partial charge is 0.274 e. The highest BCUT2D eigenvalue weighted by atomic mass is 32.2. The van der Waals surface area contributed by atoms with Crippen LogP contribution in [0, 0.1) is 0 Å². The minimum absolute atomic E-state index is 0.353. The summed E-state index contributed by atoms with van der Waals surface area (Å²) >= 11 is 0. The number of hydrogen-bond donors (Lipinski definition) is 2. The third kappa shape index (κ3) is 7.83. The van der Waals surface area contributed by atoms with Gasteiger partial charge in [-0.05, 0) is 14.1 Å². The molecule has 0 rings (SSSR count). The number of nitrogens with one attached hydrogen (secondary N) is 1. The third-order valence-electron chi connectivity index (χ3n) is 0.862. The Morgan fingerprint density at radius 3 is 2.30 bits per heavy atom. The van der Waals surface area contributed by atoms with Crippen molar-refractivity contribution in [2.24, 2.45) is 5.14 Å². The Morgan fingerprint density at radius 2 is 2.00 bits per heavy atom. The zero-order valence-electron chi connectivity index (χ0n) is 6.16. The van der Waals surface area contributed by atoms with Crippen LogP contribution in [0.4, 0.5) is 0 Å². The second-order valence-electron chi connectivity index (χ2n) is 2.24. The summed E-state index contributed by atoms with van der Waals surface area (Å²) in [5.74, 6) is 0. The molecular weight excluding hydrogens is 154 g/mol. The maximum atomic E-state index is 10.3. The Balaban J connectivity index is 3.39. The van der Waals surface area contributed by atoms with Crippen molar-refractivity contribution in [3.8, 4) is 0 Å². The van der Waals surface area contributed by atoms with Gasteiger partial charge in [0.25, 0.3) is 10.2 Å². The van der Waals surface area contributed by atoms with E-state index in [1.807, 2.05) is 19.0 Å². The van der Waals surface area contributed by atoms with E-state index in [0.29, 0.717) is 13.1 Å². The van der Waals surface area contributed by atoms with Crippen LogP contribution >= 0.6 is 0 Å². The molecule has 5 nitrogen and oxygen atoms in total. The monoisotopic (exact) mass is 167 g/mol. The molecule has 0 amide bonds. The average molecular weight is 167 g/mol. The second-order valence-corrected chi connectivity index (χ2v) is 3.62. The standard InChI is InChI=1S/C4H13N3O2S/c1-7(2)4-3-6-10(5,8)9/h6H,3-4H2,1-2H3,(H2,5,8,9). The number of likely N-dealkylation sites (N-methyl/N-ethyl adjacent to an activating group) is 1. The molecule has 0 spiro atoms. The Kier molecular flexibility index (Phi) is 3.80. The van der Waals surface area contributed by atoms with Crippen LogP contribution in [0.2, 0.25) is 0 Å². The molecule has 3 N–H and O–H groups in total. The van der Waals surface area contributed by atoms with Gasteiger partial charge >= 0.3 is 0 Å². The molecule has 10 heavy (non-hydrogen) atoms. The van der Waals surface area contributed by atoms with Crippen LogP contribution in [-0.2, 0) is 10.2 Å². The molecule has 0 aromatic rings. The number of nitrogens with zero attached hydrogens (tertiary/aromatic N) is 1. The van der Waals surface area contributed by atoms with E-state index < -0.39 is 10.2 Å². The van der Waals surface area contributed by atoms with Gasteiger partial charge in [-0.25, -0.2) is 9.86 Å². The van der Waals surface area contributed by atoms with E-state index in [1.54, 1.807) is 0 Å². The molecule has 0 aromatic heterocycles. The van der Waals surface area contributed by atoms with Gasteiger partial charge in [0.05, 0.1) is 0 Å². The zero-order chi connectivity index (χ0) is 8.20. The lowest BCUT2D eigenvalue weighted by atomic mass is 10.6. The zero-order valence-corrected chi connectivity index (χ0v) is 6.98. The highest BCUT2D eigenvalue weighted by Gasteiger charge is 1.98. The third-order valence-corrected chi connectivity index (χ3v) is 1.47. The Morgan fingerprint density at radius 1 is 1.50 bits per heavy atom. The van der Waals surface area contributed by atoms with Crippen LogP contribution < -0.4 is 9.86 Å². The van der Waals surface area contributed by atoms with Crippen LogP contribution in [0.5, 0.6) is 0 Å². The summed E-state index contributed by atoms with van der Waals surface area (Å²) in [6, 6.07) is 0. The molecule has 0 saturated heterocycles. The van der Waals surface area contributed by atoms with Crippen LogP contribution in [0.15, 0.2) is 0 Å². The first-order chi connectivity index (χ1) is 4.42. The lowest BCUT2D eigenvalue weighted by molar-refractivity contribution is 0.412. The molecule has 0 heterocycles. The molecule has 0 radical (unpaired) electrons. The summed E-state index contributed by atoms with van der Waals surface area (Å²) in [5, 5.41) is 4.66. The summed E-state index contributed by atoms with van der Waals surface area (Å²) < 4.78 is 22.7. The molecule has 62 valence electrons. The normalized spacial score (nSPS) is 12.4. The van der Waals surface area contributed by atoms with E-state index in [2.05, 4.69) is 9.86 Å². The molecule has 0 aliphatic rings. The lowest BCUT2D eigenvalue weighted by Crippen LogP contribution is -2.35. The van der Waals surface area contributed by atoms with Crippen molar-refractivity contribution in [1.29, 1.82) is 0 Å². The first-order valence-corrected chi connectivity index (χ1v) is 4.38. The van der Waals surface area contributed by atoms with Crippen LogP contribution in [0.3, 0.4) is 0 Å². The molecule has 0 saturated carbocycles. The maximum Gasteiger partial charge on any atom is 0.274 e. The van der Waals surface area contributed by atoms with Crippen molar-refractivity contribution >= 4 is 10.2 Å². The van der Waals surface area contributed by atoms with E-state index in [4.69, 9.17) is 0 Å². The van der Waals surface area contributed by atoms with Crippen molar-refractivity contribution in [3.63, 3.8) is 0 Å². The molecule has 0 atom stereocenters. The molecule has 0 aromatic carbocycles. The van der Waals surface area contributed by atoms with Gasteiger partial charge in [0, 0.05) is 13.1 Å². The lowest BCUT2D eigenvalue weighted by Gasteiger charge is -2.08. The van der Waals surface area contributed by atoms with Gasteiger partial charge in [-0.15, -0.1) is 0 Å². The fourth-order valence-corrected chi connectivity index (χ4v) is 0.787. The van der Waals surface area contributed by atoms with Crippen LogP contribution in [0.25, 0.3) is 0 Å². The number of nitrogens with two attached hydrogens (primary N) is 1. The first-order valence-electron chi connectivity index (χ1n) is 2.84. The van der Waals surface area contributed by atoms with Gasteiger partial charge in [-0.2, -0.15) is 8.42 Å². The fourth-order valence-electron chi connectivity index (χ4n) is 0.412. The minimum atomic E-state index is -3.50. The molecule has 0 bridgehead atoms. The van der Waals surface area contributed by atoms with Gasteiger partial charge in [-0.1, -0.05) is 0 Å². The van der Waals surface area contributed by atoms with E-state index in [0.717, 1.165) is 0 Å². The first kappa shape index (κ1) is 9.83. The van der Waals surface area contributed by atoms with Crippen molar-refractivity contribution in [2.45, 2.75) is 0 Å². The summed E-state index contributed by atoms with van der Waals surface area (Å²) in [6.07, 6.45) is 0. The van der Waals surface area contributed by atoms with E-state index in [1.165, 1.54) is 0 Å². The Hall–Kier alpha value is -0.170. The van der Waals surface area contributed by atoms with Gasteiger partial charge in [0.2, 0.25) is 0 Å². The topological polar surface area (TPSA) is 75.4 Å². The molecule has 0 unspecified atom stereocenters. The summed E-state index contributed by atoms with van der Waals surface area (Å²) in [6.45, 7) is 1.00. The summed E-state index contributed by atoms with van der Waals surface area (Å²) in [4.78, 5) is 1.86. The van der Waals surface area contributed by atoms with Crippen LogP contribution in [-0.4, -0.2) is 40.5 Å². The predicted octanol–water partition coefficient (Wildman–Crippen LogP) is -1.66. The molecule has 6 heteroatoms. The maximum absolute atomic E-state index is 10.3. The largest absolute Gasteiger partial charge is 0.308 e. The summed E-state index contributed by atoms with van der Waals surface area (Å²) in [7, 11) is 0.208. The second kappa shape index (κ2) is 3.87. The highest BCUT2D eigenvalue weighted by Crippen LogP contribution is 1.72.